The first-order valence-corrected chi connectivity index (χ1v) is 11.6. The number of carbonyl (C=O) groups is 2. The van der Waals surface area contributed by atoms with Crippen molar-refractivity contribution in [1.29, 1.82) is 5.26 Å². The van der Waals surface area contributed by atoms with E-state index in [9.17, 15) is 25.0 Å². The number of esters is 1. The summed E-state index contributed by atoms with van der Waals surface area (Å²) in [5.74, 6) is -2.21. The highest BCUT2D eigenvalue weighted by atomic mass is 16.6. The maximum absolute atomic E-state index is 14.0. The van der Waals surface area contributed by atoms with Gasteiger partial charge in [0, 0.05) is 29.4 Å². The van der Waals surface area contributed by atoms with Crippen LogP contribution in [0.4, 0.5) is 17.1 Å². The molecule has 5 rings (SSSR count). The molecule has 3 aromatic rings. The van der Waals surface area contributed by atoms with Gasteiger partial charge in [-0.05, 0) is 29.3 Å². The fourth-order valence-corrected chi connectivity index (χ4v) is 5.45. The molecule has 9 nitrogen and oxygen atoms in total. The normalized spacial score (nSPS) is 23.4. The third kappa shape index (κ3) is 3.70. The minimum absolute atomic E-state index is 0.143. The van der Waals surface area contributed by atoms with Gasteiger partial charge < -0.3 is 15.0 Å². The fraction of sp³-hybridized carbons (Fsp3) is 0.179. The van der Waals surface area contributed by atoms with Crippen molar-refractivity contribution in [2.45, 2.75) is 18.0 Å². The Labute approximate surface area is 212 Å². The highest BCUT2D eigenvalue weighted by Crippen LogP contribution is 2.56. The quantitative estimate of drug-likeness (QED) is 0.319. The standard InChI is InChI=1S/C28H22N4O5/c1-37-27(34)28(17-29)23-16-13-18-7-5-6-10-22(18)31(23)25(26(33)30-20-8-3-2-4-9-20)24(28)19-11-14-21(15-12-19)32(35)36/h2-16,23-25H,1H3,(H,30,33)/t23-,24-,25-,28+/m1/s1. The second-order valence-corrected chi connectivity index (χ2v) is 8.87. The van der Waals surface area contributed by atoms with E-state index in [-0.39, 0.29) is 5.69 Å². The van der Waals surface area contributed by atoms with Gasteiger partial charge in [-0.3, -0.25) is 19.7 Å². The van der Waals surface area contributed by atoms with Crippen LogP contribution in [0.15, 0.2) is 84.9 Å². The maximum Gasteiger partial charge on any atom is 0.329 e. The summed E-state index contributed by atoms with van der Waals surface area (Å²) in [6.07, 6.45) is 3.58. The molecule has 4 atom stereocenters. The molecule has 37 heavy (non-hydrogen) atoms. The SMILES string of the molecule is COC(=O)[C@]1(C#N)[C@H](c2ccc([N+](=O)[O-])cc2)[C@H](C(=O)Nc2ccccc2)N2c3ccccc3C=C[C@@H]21. The molecule has 0 saturated carbocycles. The molecule has 0 bridgehead atoms. The second-order valence-electron chi connectivity index (χ2n) is 8.87. The molecule has 1 amide bonds. The number of nitriles is 1. The molecule has 2 aliphatic heterocycles. The van der Waals surface area contributed by atoms with Gasteiger partial charge in [-0.2, -0.15) is 5.26 Å². The first-order chi connectivity index (χ1) is 17.9. The molecule has 2 heterocycles. The number of methoxy groups -OCH3 is 1. The first kappa shape index (κ1) is 23.8. The smallest absolute Gasteiger partial charge is 0.329 e. The van der Waals surface area contributed by atoms with Gasteiger partial charge in [-0.15, -0.1) is 0 Å². The Hall–Kier alpha value is -4.97. The van der Waals surface area contributed by atoms with Crippen molar-refractivity contribution in [2.75, 3.05) is 17.3 Å². The third-order valence-corrected chi connectivity index (χ3v) is 7.03. The molecule has 1 N–H and O–H groups in total. The number of fused-ring (bicyclic) bond motifs is 3. The Bertz CT molecular complexity index is 1450. The van der Waals surface area contributed by atoms with Crippen molar-refractivity contribution < 1.29 is 19.2 Å². The maximum atomic E-state index is 14.0. The van der Waals surface area contributed by atoms with Crippen molar-refractivity contribution in [1.82, 2.24) is 0 Å². The van der Waals surface area contributed by atoms with Crippen molar-refractivity contribution in [2.24, 2.45) is 5.41 Å². The lowest BCUT2D eigenvalue weighted by Gasteiger charge is -2.36. The molecule has 1 fully saturated rings. The second kappa shape index (κ2) is 9.24. The molecule has 1 saturated heterocycles. The van der Waals surface area contributed by atoms with Crippen LogP contribution in [0, 0.1) is 26.9 Å². The molecule has 2 aliphatic rings. The molecule has 0 radical (unpaired) electrons. The number of benzene rings is 3. The fourth-order valence-electron chi connectivity index (χ4n) is 5.45. The van der Waals surface area contributed by atoms with Crippen LogP contribution in [0.5, 0.6) is 0 Å². The summed E-state index contributed by atoms with van der Waals surface area (Å²) < 4.78 is 5.16. The van der Waals surface area contributed by atoms with Crippen LogP contribution in [0.25, 0.3) is 6.08 Å². The van der Waals surface area contributed by atoms with Crippen LogP contribution in [0.3, 0.4) is 0 Å². The average molecular weight is 495 g/mol. The Balaban J connectivity index is 1.74. The molecule has 9 heteroatoms. The zero-order valence-electron chi connectivity index (χ0n) is 19.8. The number of anilines is 2. The van der Waals surface area contributed by atoms with Gasteiger partial charge in [0.15, 0.2) is 5.41 Å². The van der Waals surface area contributed by atoms with Crippen LogP contribution in [0.2, 0.25) is 0 Å². The Morgan fingerprint density at radius 1 is 1.05 bits per heavy atom. The number of nitrogens with zero attached hydrogens (tertiary/aromatic N) is 3. The Kier molecular flexibility index (Phi) is 5.93. The first-order valence-electron chi connectivity index (χ1n) is 11.6. The van der Waals surface area contributed by atoms with Crippen LogP contribution in [-0.4, -0.2) is 36.0 Å². The lowest BCUT2D eigenvalue weighted by molar-refractivity contribution is -0.384. The average Bonchev–Trinajstić information content (AvgIpc) is 3.25. The highest BCUT2D eigenvalue weighted by molar-refractivity contribution is 6.02. The van der Waals surface area contributed by atoms with Crippen molar-refractivity contribution in [3.8, 4) is 6.07 Å². The van der Waals surface area contributed by atoms with Gasteiger partial charge in [0.2, 0.25) is 5.91 Å². The number of hydrogen-bond donors (Lipinski definition) is 1. The number of hydrogen-bond acceptors (Lipinski definition) is 7. The number of nitro benzene ring substituents is 1. The van der Waals surface area contributed by atoms with E-state index in [1.165, 1.54) is 31.4 Å². The van der Waals surface area contributed by atoms with E-state index in [0.29, 0.717) is 16.9 Å². The summed E-state index contributed by atoms with van der Waals surface area (Å²) in [4.78, 5) is 40.0. The predicted molar refractivity (Wildman–Crippen MR) is 137 cm³/mol. The molecule has 0 aromatic heterocycles. The van der Waals surface area contributed by atoms with E-state index in [4.69, 9.17) is 4.74 Å². The molecular weight excluding hydrogens is 472 g/mol. The number of carbonyl (C=O) groups excluding carboxylic acids is 2. The zero-order chi connectivity index (χ0) is 26.2. The summed E-state index contributed by atoms with van der Waals surface area (Å²) in [7, 11) is 1.20. The topological polar surface area (TPSA) is 126 Å². The molecule has 0 aliphatic carbocycles. The van der Waals surface area contributed by atoms with E-state index >= 15 is 0 Å². The third-order valence-electron chi connectivity index (χ3n) is 7.03. The molecular formula is C28H22N4O5. The van der Waals surface area contributed by atoms with E-state index in [0.717, 1.165) is 5.56 Å². The predicted octanol–water partition coefficient (Wildman–Crippen LogP) is 4.28. The van der Waals surface area contributed by atoms with Crippen LogP contribution < -0.4 is 10.2 Å². The largest absolute Gasteiger partial charge is 0.468 e. The summed E-state index contributed by atoms with van der Waals surface area (Å²) in [5, 5.41) is 24.8. The summed E-state index contributed by atoms with van der Waals surface area (Å²) in [6.45, 7) is 0. The highest BCUT2D eigenvalue weighted by Gasteiger charge is 2.67. The van der Waals surface area contributed by atoms with Crippen LogP contribution in [-0.2, 0) is 14.3 Å². The van der Waals surface area contributed by atoms with Crippen molar-refractivity contribution in [3.63, 3.8) is 0 Å². The van der Waals surface area contributed by atoms with E-state index < -0.39 is 40.2 Å². The van der Waals surface area contributed by atoms with Crippen molar-refractivity contribution >= 4 is 35.0 Å². The van der Waals surface area contributed by atoms with Crippen molar-refractivity contribution in [3.05, 3.63) is 106 Å². The lowest BCUT2D eigenvalue weighted by atomic mass is 9.68. The van der Waals surface area contributed by atoms with E-state index in [1.54, 1.807) is 35.2 Å². The van der Waals surface area contributed by atoms with Gasteiger partial charge >= 0.3 is 5.97 Å². The van der Waals surface area contributed by atoms with Gasteiger partial charge in [-0.1, -0.05) is 60.7 Å². The minimum atomic E-state index is -1.81. The lowest BCUT2D eigenvalue weighted by Crippen LogP contribution is -2.47. The zero-order valence-corrected chi connectivity index (χ0v) is 19.8. The number of ether oxygens (including phenoxy) is 1. The number of amides is 1. The number of nitrogens with one attached hydrogen (secondary N) is 1. The number of non-ortho nitro benzene ring substituents is 1. The Morgan fingerprint density at radius 2 is 1.73 bits per heavy atom. The van der Waals surface area contributed by atoms with E-state index in [2.05, 4.69) is 11.4 Å². The molecule has 3 aromatic carbocycles. The van der Waals surface area contributed by atoms with E-state index in [1.807, 2.05) is 36.4 Å². The van der Waals surface area contributed by atoms with Crippen LogP contribution >= 0.6 is 0 Å². The number of rotatable bonds is 5. The summed E-state index contributed by atoms with van der Waals surface area (Å²) >= 11 is 0. The van der Waals surface area contributed by atoms with Crippen LogP contribution in [0.1, 0.15) is 17.0 Å². The molecule has 184 valence electrons. The molecule has 0 unspecified atom stereocenters. The Morgan fingerprint density at radius 3 is 2.38 bits per heavy atom. The summed E-state index contributed by atoms with van der Waals surface area (Å²) in [5.41, 5.74) is 0.558. The molecule has 0 spiro atoms. The van der Waals surface area contributed by atoms with Gasteiger partial charge in [0.05, 0.1) is 24.1 Å². The van der Waals surface area contributed by atoms with Gasteiger partial charge in [0.1, 0.15) is 6.04 Å². The van der Waals surface area contributed by atoms with Gasteiger partial charge in [0.25, 0.3) is 5.69 Å². The number of para-hydroxylation sites is 2. The van der Waals surface area contributed by atoms with Gasteiger partial charge in [-0.25, -0.2) is 0 Å². The monoisotopic (exact) mass is 494 g/mol. The number of nitro groups is 1. The summed E-state index contributed by atoms with van der Waals surface area (Å²) in [6, 6.07) is 22.3. The minimum Gasteiger partial charge on any atom is -0.468 e.